The van der Waals surface area contributed by atoms with Gasteiger partial charge >= 0.3 is 6.18 Å². The van der Waals surface area contributed by atoms with E-state index >= 15 is 0 Å². The highest BCUT2D eigenvalue weighted by molar-refractivity contribution is 5.96. The van der Waals surface area contributed by atoms with Crippen LogP contribution in [0.5, 0.6) is 0 Å². The van der Waals surface area contributed by atoms with Gasteiger partial charge in [0.15, 0.2) is 0 Å². The second kappa shape index (κ2) is 13.8. The number of hydrogen-bond donors (Lipinski definition) is 0. The van der Waals surface area contributed by atoms with E-state index in [9.17, 15) is 27.2 Å². The molecule has 1 aliphatic rings. The number of aromatic nitrogens is 1. The first kappa shape index (κ1) is 30.3. The average molecular weight is 572 g/mol. The minimum absolute atomic E-state index is 0.0413. The highest BCUT2D eigenvalue weighted by Crippen LogP contribution is 2.29. The topological polar surface area (TPSA) is 45.6 Å². The Balaban J connectivity index is 1.54. The van der Waals surface area contributed by atoms with Crippen molar-refractivity contribution < 1.29 is 27.2 Å². The second-order valence-corrected chi connectivity index (χ2v) is 10.7. The molecule has 4 rings (SSSR count). The van der Waals surface area contributed by atoms with Gasteiger partial charge in [-0.3, -0.25) is 9.59 Å². The molecule has 1 aliphatic carbocycles. The predicted octanol–water partition coefficient (Wildman–Crippen LogP) is 7.30. The Labute approximate surface area is 238 Å². The van der Waals surface area contributed by atoms with Crippen LogP contribution in [0.1, 0.15) is 79.0 Å². The number of hydrogen-bond acceptors (Lipinski definition) is 2. The van der Waals surface area contributed by atoms with Gasteiger partial charge in [-0.15, -0.1) is 0 Å². The number of nitrogens with zero attached hydrogens (tertiary/aromatic N) is 3. The van der Waals surface area contributed by atoms with Gasteiger partial charge in [0.05, 0.1) is 12.1 Å². The number of halogens is 4. The molecule has 0 atom stereocenters. The number of carbonyl (C=O) groups excluding carboxylic acids is 2. The summed E-state index contributed by atoms with van der Waals surface area (Å²) >= 11 is 0. The van der Waals surface area contributed by atoms with Crippen molar-refractivity contribution in [2.45, 2.75) is 77.2 Å². The van der Waals surface area contributed by atoms with E-state index in [1.54, 1.807) is 12.1 Å². The molecule has 3 aromatic rings. The minimum Gasteiger partial charge on any atom is -0.345 e. The van der Waals surface area contributed by atoms with Crippen LogP contribution in [0.3, 0.4) is 0 Å². The molecule has 0 aliphatic heterocycles. The van der Waals surface area contributed by atoms with E-state index in [0.717, 1.165) is 61.9 Å². The summed E-state index contributed by atoms with van der Waals surface area (Å²) in [5.41, 5.74) is 1.17. The van der Waals surface area contributed by atoms with Crippen LogP contribution in [0, 0.1) is 5.82 Å². The largest absolute Gasteiger partial charge is 0.416 e. The Hall–Kier alpha value is -3.62. The maximum atomic E-state index is 13.9. The van der Waals surface area contributed by atoms with Crippen molar-refractivity contribution in [3.05, 3.63) is 95.1 Å². The van der Waals surface area contributed by atoms with E-state index in [2.05, 4.69) is 0 Å². The molecule has 9 heteroatoms. The SMILES string of the molecule is CCCCN(CC(=O)N(Cc1cccn1Cc1ccc(F)cc1)C1CCCCC1)C(=O)c1ccc(C(F)(F)F)cc1. The third-order valence-electron chi connectivity index (χ3n) is 7.71. The predicted molar refractivity (Wildman–Crippen MR) is 150 cm³/mol. The lowest BCUT2D eigenvalue weighted by Crippen LogP contribution is -2.47. The van der Waals surface area contributed by atoms with Crippen LogP contribution in [0.4, 0.5) is 17.6 Å². The van der Waals surface area contributed by atoms with Crippen molar-refractivity contribution in [1.82, 2.24) is 14.4 Å². The maximum Gasteiger partial charge on any atom is 0.416 e. The van der Waals surface area contributed by atoms with Crippen LogP contribution in [0.15, 0.2) is 66.9 Å². The van der Waals surface area contributed by atoms with Crippen molar-refractivity contribution in [2.75, 3.05) is 13.1 Å². The zero-order valence-corrected chi connectivity index (χ0v) is 23.4. The number of amides is 2. The number of benzene rings is 2. The van der Waals surface area contributed by atoms with Crippen LogP contribution in [-0.4, -0.2) is 45.3 Å². The first-order valence-electron chi connectivity index (χ1n) is 14.3. The zero-order valence-electron chi connectivity index (χ0n) is 23.4. The molecule has 0 saturated heterocycles. The standard InChI is InChI=1S/C32H37F4N3O2/c1-2-3-19-38(31(41)25-13-15-26(16-14-25)32(34,35)36)23-30(40)39(28-8-5-4-6-9-28)22-29-10-7-20-37(29)21-24-11-17-27(33)18-12-24/h7,10-18,20,28H,2-6,8-9,19,21-23H2,1H3. The molecule has 0 radical (unpaired) electrons. The van der Waals surface area contributed by atoms with E-state index in [4.69, 9.17) is 0 Å². The molecule has 1 fully saturated rings. The molecule has 0 N–H and O–H groups in total. The third-order valence-corrected chi connectivity index (χ3v) is 7.71. The van der Waals surface area contributed by atoms with Gasteiger partial charge in [-0.2, -0.15) is 13.2 Å². The highest BCUT2D eigenvalue weighted by Gasteiger charge is 2.32. The van der Waals surface area contributed by atoms with Crippen molar-refractivity contribution in [1.29, 1.82) is 0 Å². The summed E-state index contributed by atoms with van der Waals surface area (Å²) in [5.74, 6) is -0.930. The van der Waals surface area contributed by atoms with E-state index in [1.165, 1.54) is 29.2 Å². The summed E-state index contributed by atoms with van der Waals surface area (Å²) in [4.78, 5) is 30.6. The van der Waals surface area contributed by atoms with Gasteiger partial charge < -0.3 is 14.4 Å². The van der Waals surface area contributed by atoms with Crippen LogP contribution < -0.4 is 0 Å². The lowest BCUT2D eigenvalue weighted by molar-refractivity contribution is -0.137. The average Bonchev–Trinajstić information content (AvgIpc) is 3.41. The van der Waals surface area contributed by atoms with Gasteiger partial charge in [0.25, 0.3) is 5.91 Å². The molecule has 1 aromatic heterocycles. The number of alkyl halides is 3. The summed E-state index contributed by atoms with van der Waals surface area (Å²) in [6, 6.07) is 14.4. The zero-order chi connectivity index (χ0) is 29.4. The first-order valence-corrected chi connectivity index (χ1v) is 14.3. The van der Waals surface area contributed by atoms with Crippen LogP contribution >= 0.6 is 0 Å². The molecule has 1 saturated carbocycles. The summed E-state index contributed by atoms with van der Waals surface area (Å²) in [5, 5.41) is 0. The highest BCUT2D eigenvalue weighted by atomic mass is 19.4. The van der Waals surface area contributed by atoms with Gasteiger partial charge in [0, 0.05) is 36.6 Å². The van der Waals surface area contributed by atoms with Gasteiger partial charge in [-0.05, 0) is 73.4 Å². The molecule has 0 bridgehead atoms. The lowest BCUT2D eigenvalue weighted by atomic mass is 9.94. The fraction of sp³-hybridized carbons (Fsp3) is 0.438. The summed E-state index contributed by atoms with van der Waals surface area (Å²) in [6.45, 7) is 3.07. The van der Waals surface area contributed by atoms with Gasteiger partial charge in [0.2, 0.25) is 5.91 Å². The van der Waals surface area contributed by atoms with Crippen molar-refractivity contribution in [2.24, 2.45) is 0 Å². The van der Waals surface area contributed by atoms with Gasteiger partial charge in [-0.25, -0.2) is 4.39 Å². The number of carbonyl (C=O) groups is 2. The quantitative estimate of drug-likeness (QED) is 0.227. The Bertz CT molecular complexity index is 1280. The maximum absolute atomic E-state index is 13.9. The summed E-state index contributed by atoms with van der Waals surface area (Å²) in [7, 11) is 0. The van der Waals surface area contributed by atoms with Gasteiger partial charge in [-0.1, -0.05) is 44.7 Å². The number of unbranched alkanes of at least 4 members (excludes halogenated alkanes) is 1. The van der Waals surface area contributed by atoms with Crippen LogP contribution in [0.25, 0.3) is 0 Å². The van der Waals surface area contributed by atoms with E-state index in [0.29, 0.717) is 26.1 Å². The fourth-order valence-electron chi connectivity index (χ4n) is 5.36. The fourth-order valence-corrected chi connectivity index (χ4v) is 5.36. The van der Waals surface area contributed by atoms with Gasteiger partial charge in [0.1, 0.15) is 12.4 Å². The van der Waals surface area contributed by atoms with E-state index in [-0.39, 0.29) is 29.9 Å². The van der Waals surface area contributed by atoms with Crippen molar-refractivity contribution in [3.63, 3.8) is 0 Å². The Morgan fingerprint density at radius 2 is 1.63 bits per heavy atom. The Morgan fingerprint density at radius 1 is 0.951 bits per heavy atom. The van der Waals surface area contributed by atoms with E-state index in [1.807, 2.05) is 34.7 Å². The monoisotopic (exact) mass is 571 g/mol. The third kappa shape index (κ3) is 8.21. The molecule has 2 aromatic carbocycles. The molecule has 41 heavy (non-hydrogen) atoms. The molecule has 0 unspecified atom stereocenters. The molecule has 220 valence electrons. The number of rotatable bonds is 11. The molecule has 1 heterocycles. The summed E-state index contributed by atoms with van der Waals surface area (Å²) in [6.07, 6.45) is 3.84. The normalized spacial score (nSPS) is 14.2. The van der Waals surface area contributed by atoms with Crippen LogP contribution in [0.2, 0.25) is 0 Å². The first-order chi connectivity index (χ1) is 19.7. The lowest BCUT2D eigenvalue weighted by Gasteiger charge is -2.36. The Morgan fingerprint density at radius 3 is 2.27 bits per heavy atom. The van der Waals surface area contributed by atoms with Crippen molar-refractivity contribution >= 4 is 11.8 Å². The second-order valence-electron chi connectivity index (χ2n) is 10.7. The van der Waals surface area contributed by atoms with Crippen LogP contribution in [-0.2, 0) is 24.1 Å². The smallest absolute Gasteiger partial charge is 0.345 e. The molecule has 2 amide bonds. The van der Waals surface area contributed by atoms with E-state index < -0.39 is 17.6 Å². The molecule has 5 nitrogen and oxygen atoms in total. The Kier molecular flexibility index (Phi) is 10.2. The van der Waals surface area contributed by atoms with Crippen molar-refractivity contribution in [3.8, 4) is 0 Å². The molecule has 0 spiro atoms. The molecular weight excluding hydrogens is 534 g/mol. The summed E-state index contributed by atoms with van der Waals surface area (Å²) < 4.78 is 54.6. The minimum atomic E-state index is -4.49. The molecular formula is C32H37F4N3O2.